The summed E-state index contributed by atoms with van der Waals surface area (Å²) in [5.41, 5.74) is 3.66. The highest BCUT2D eigenvalue weighted by Crippen LogP contribution is 2.27. The van der Waals surface area contributed by atoms with E-state index in [1.165, 1.54) is 0 Å². The molecule has 0 heterocycles. The van der Waals surface area contributed by atoms with E-state index in [-0.39, 0.29) is 0 Å². The van der Waals surface area contributed by atoms with Crippen LogP contribution >= 0.6 is 12.2 Å². The minimum absolute atomic E-state index is 0.502. The van der Waals surface area contributed by atoms with Crippen LogP contribution in [0.2, 0.25) is 0 Å². The Bertz CT molecular complexity index is 478. The Morgan fingerprint density at radius 2 is 2.14 bits per heavy atom. The average molecular weight is 309 g/mol. The predicted octanol–water partition coefficient (Wildman–Crippen LogP) is 2.69. The van der Waals surface area contributed by atoms with Crippen molar-refractivity contribution in [2.75, 3.05) is 20.3 Å². The lowest BCUT2D eigenvalue weighted by Gasteiger charge is -2.11. The van der Waals surface area contributed by atoms with Crippen molar-refractivity contribution in [1.82, 2.24) is 10.7 Å². The maximum absolute atomic E-state index is 5.73. The van der Waals surface area contributed by atoms with Gasteiger partial charge in [-0.1, -0.05) is 13.3 Å². The summed E-state index contributed by atoms with van der Waals surface area (Å²) in [4.78, 5) is 0. The number of ether oxygens (including phenoxy) is 2. The molecule has 0 aromatic heterocycles. The molecule has 0 atom stereocenters. The molecular formula is C15H23N3O2S. The smallest absolute Gasteiger partial charge is 0.186 e. The Morgan fingerprint density at radius 1 is 1.33 bits per heavy atom. The molecule has 0 aliphatic heterocycles. The van der Waals surface area contributed by atoms with E-state index in [4.69, 9.17) is 21.7 Å². The van der Waals surface area contributed by atoms with Gasteiger partial charge in [0.1, 0.15) is 0 Å². The van der Waals surface area contributed by atoms with Crippen molar-refractivity contribution >= 4 is 23.5 Å². The van der Waals surface area contributed by atoms with Gasteiger partial charge in [0.05, 0.1) is 19.9 Å². The number of hydrogen-bond donors (Lipinski definition) is 2. The van der Waals surface area contributed by atoms with Crippen LogP contribution in [0.3, 0.4) is 0 Å². The molecule has 0 fully saturated rings. The van der Waals surface area contributed by atoms with Gasteiger partial charge in [0.25, 0.3) is 0 Å². The molecule has 0 bridgehead atoms. The zero-order chi connectivity index (χ0) is 15.5. The number of unbranched alkanes of at least 4 members (excludes halogenated alkanes) is 1. The van der Waals surface area contributed by atoms with E-state index in [1.807, 2.05) is 25.1 Å². The predicted molar refractivity (Wildman–Crippen MR) is 90.4 cm³/mol. The van der Waals surface area contributed by atoms with E-state index in [0.29, 0.717) is 11.7 Å². The number of thiocarbonyl (C=S) groups is 1. The number of rotatable bonds is 8. The standard InChI is InChI=1S/C15H23N3O2S/c1-4-6-9-20-14-10-12(7-8-13(14)19-3)11-17-18-15(21)16-5-2/h7-8,10-11H,4-6,9H2,1-3H3,(H2,16,18,21)/b17-11-. The van der Waals surface area contributed by atoms with Crippen molar-refractivity contribution in [3.8, 4) is 11.5 Å². The third kappa shape index (κ3) is 6.44. The lowest BCUT2D eigenvalue weighted by molar-refractivity contribution is 0.288. The molecule has 0 saturated carbocycles. The van der Waals surface area contributed by atoms with Gasteiger partial charge in [0, 0.05) is 6.54 Å². The minimum Gasteiger partial charge on any atom is -0.493 e. The van der Waals surface area contributed by atoms with Gasteiger partial charge in [-0.3, -0.25) is 5.43 Å². The number of benzene rings is 1. The number of hydrazone groups is 1. The quantitative estimate of drug-likeness (QED) is 0.335. The molecule has 21 heavy (non-hydrogen) atoms. The molecule has 1 aromatic carbocycles. The summed E-state index contributed by atoms with van der Waals surface area (Å²) in [7, 11) is 1.63. The van der Waals surface area contributed by atoms with Crippen LogP contribution in [0.1, 0.15) is 32.3 Å². The molecule has 0 aliphatic carbocycles. The highest BCUT2D eigenvalue weighted by molar-refractivity contribution is 7.80. The van der Waals surface area contributed by atoms with Crippen molar-refractivity contribution in [1.29, 1.82) is 0 Å². The van der Waals surface area contributed by atoms with Gasteiger partial charge in [0.15, 0.2) is 16.6 Å². The van der Waals surface area contributed by atoms with Crippen LogP contribution in [0, 0.1) is 0 Å². The molecule has 5 nitrogen and oxygen atoms in total. The highest BCUT2D eigenvalue weighted by atomic mass is 32.1. The average Bonchev–Trinajstić information content (AvgIpc) is 2.48. The van der Waals surface area contributed by atoms with Crippen molar-refractivity contribution in [3.05, 3.63) is 23.8 Å². The summed E-state index contributed by atoms with van der Waals surface area (Å²) in [5.74, 6) is 1.45. The van der Waals surface area contributed by atoms with Crippen molar-refractivity contribution in [2.45, 2.75) is 26.7 Å². The molecule has 0 spiro atoms. The first-order chi connectivity index (χ1) is 10.2. The highest BCUT2D eigenvalue weighted by Gasteiger charge is 2.04. The summed E-state index contributed by atoms with van der Waals surface area (Å²) in [6.45, 7) is 5.54. The van der Waals surface area contributed by atoms with Gasteiger partial charge in [-0.25, -0.2) is 0 Å². The zero-order valence-corrected chi connectivity index (χ0v) is 13.6. The fraction of sp³-hybridized carbons (Fsp3) is 0.467. The van der Waals surface area contributed by atoms with Crippen molar-refractivity contribution in [3.63, 3.8) is 0 Å². The fourth-order valence-corrected chi connectivity index (χ4v) is 1.78. The molecule has 1 rings (SSSR count). The van der Waals surface area contributed by atoms with Crippen molar-refractivity contribution in [2.24, 2.45) is 5.10 Å². The van der Waals surface area contributed by atoms with Crippen LogP contribution in [0.4, 0.5) is 0 Å². The molecule has 0 aliphatic rings. The van der Waals surface area contributed by atoms with Gasteiger partial charge in [-0.2, -0.15) is 5.10 Å². The summed E-state index contributed by atoms with van der Waals surface area (Å²) >= 11 is 5.02. The van der Waals surface area contributed by atoms with Gasteiger partial charge in [-0.15, -0.1) is 0 Å². The Kier molecular flexibility index (Phi) is 8.19. The third-order valence-corrected chi connectivity index (χ3v) is 2.90. The minimum atomic E-state index is 0.502. The molecule has 0 radical (unpaired) electrons. The van der Waals surface area contributed by atoms with Gasteiger partial charge < -0.3 is 14.8 Å². The van der Waals surface area contributed by atoms with Gasteiger partial charge in [-0.05, 0) is 49.3 Å². The second-order valence-corrected chi connectivity index (χ2v) is 4.75. The first kappa shape index (κ1) is 17.2. The van der Waals surface area contributed by atoms with Crippen LogP contribution in [-0.2, 0) is 0 Å². The molecule has 0 unspecified atom stereocenters. The van der Waals surface area contributed by atoms with Crippen LogP contribution < -0.4 is 20.2 Å². The number of nitrogens with zero attached hydrogens (tertiary/aromatic N) is 1. The second-order valence-electron chi connectivity index (χ2n) is 4.34. The van der Waals surface area contributed by atoms with E-state index in [2.05, 4.69) is 22.8 Å². The molecule has 1 aromatic rings. The molecule has 2 N–H and O–H groups in total. The Labute approximate surface area is 131 Å². The zero-order valence-electron chi connectivity index (χ0n) is 12.8. The largest absolute Gasteiger partial charge is 0.493 e. The van der Waals surface area contributed by atoms with E-state index in [9.17, 15) is 0 Å². The second kappa shape index (κ2) is 9.99. The summed E-state index contributed by atoms with van der Waals surface area (Å²) in [6, 6.07) is 5.67. The topological polar surface area (TPSA) is 54.9 Å². The Hall–Kier alpha value is -1.82. The number of methoxy groups -OCH3 is 1. The molecule has 116 valence electrons. The maximum Gasteiger partial charge on any atom is 0.186 e. The van der Waals surface area contributed by atoms with E-state index in [1.54, 1.807) is 13.3 Å². The third-order valence-electron chi connectivity index (χ3n) is 2.66. The van der Waals surface area contributed by atoms with Crippen LogP contribution in [0.15, 0.2) is 23.3 Å². The van der Waals surface area contributed by atoms with Crippen molar-refractivity contribution < 1.29 is 9.47 Å². The molecule has 6 heteroatoms. The van der Waals surface area contributed by atoms with E-state index in [0.717, 1.165) is 36.4 Å². The normalized spacial score (nSPS) is 10.4. The number of nitrogens with one attached hydrogen (secondary N) is 2. The Balaban J connectivity index is 2.68. The summed E-state index contributed by atoms with van der Waals surface area (Å²) < 4.78 is 11.0. The molecule has 0 saturated heterocycles. The maximum atomic E-state index is 5.73. The van der Waals surface area contributed by atoms with Crippen LogP contribution in [0.5, 0.6) is 11.5 Å². The number of hydrogen-bond acceptors (Lipinski definition) is 4. The lowest BCUT2D eigenvalue weighted by atomic mass is 10.2. The SMILES string of the molecule is CCCCOc1cc(/C=N\NC(=S)NCC)ccc1OC. The van der Waals surface area contributed by atoms with E-state index >= 15 is 0 Å². The van der Waals surface area contributed by atoms with Gasteiger partial charge >= 0.3 is 0 Å². The van der Waals surface area contributed by atoms with Crippen LogP contribution in [-0.4, -0.2) is 31.6 Å². The Morgan fingerprint density at radius 3 is 2.81 bits per heavy atom. The fourth-order valence-electron chi connectivity index (χ4n) is 1.58. The molecule has 0 amide bonds. The van der Waals surface area contributed by atoms with E-state index < -0.39 is 0 Å². The lowest BCUT2D eigenvalue weighted by Crippen LogP contribution is -2.31. The first-order valence-corrected chi connectivity index (χ1v) is 7.49. The van der Waals surface area contributed by atoms with Gasteiger partial charge in [0.2, 0.25) is 0 Å². The first-order valence-electron chi connectivity index (χ1n) is 7.09. The molecular weight excluding hydrogens is 286 g/mol. The van der Waals surface area contributed by atoms with Crippen LogP contribution in [0.25, 0.3) is 0 Å². The summed E-state index contributed by atoms with van der Waals surface area (Å²) in [6.07, 6.45) is 3.80. The monoisotopic (exact) mass is 309 g/mol. The summed E-state index contributed by atoms with van der Waals surface area (Å²) in [5, 5.41) is 7.54.